The van der Waals surface area contributed by atoms with Gasteiger partial charge in [0.05, 0.1) is 0 Å². The lowest BCUT2D eigenvalue weighted by Crippen LogP contribution is -2.37. The predicted octanol–water partition coefficient (Wildman–Crippen LogP) is 1.31. The third-order valence-corrected chi connectivity index (χ3v) is 3.31. The zero-order chi connectivity index (χ0) is 13.5. The number of nitrogens with two attached hydrogens (primary N) is 1. The van der Waals surface area contributed by atoms with Crippen LogP contribution >= 0.6 is 0 Å². The Labute approximate surface area is 113 Å². The number of nitrogens with zero attached hydrogens (tertiary/aromatic N) is 3. The highest BCUT2D eigenvalue weighted by Gasteiger charge is 2.11. The molecule has 0 aliphatic heterocycles. The van der Waals surface area contributed by atoms with Crippen molar-refractivity contribution in [3.8, 4) is 0 Å². The summed E-state index contributed by atoms with van der Waals surface area (Å²) in [7, 11) is 0. The summed E-state index contributed by atoms with van der Waals surface area (Å²) in [6, 6.07) is 4.28. The van der Waals surface area contributed by atoms with Crippen LogP contribution in [0, 0.1) is 0 Å². The summed E-state index contributed by atoms with van der Waals surface area (Å²) in [4.78, 5) is 8.51. The second-order valence-electron chi connectivity index (χ2n) is 4.60. The normalized spacial score (nSPS) is 12.5. The summed E-state index contributed by atoms with van der Waals surface area (Å²) in [6.07, 6.45) is 10.3. The molecule has 2 aromatic heterocycles. The first-order valence-electron chi connectivity index (χ1n) is 6.68. The largest absolute Gasteiger partial charge is 0.335 e. The van der Waals surface area contributed by atoms with Crippen molar-refractivity contribution in [2.45, 2.75) is 38.8 Å². The van der Waals surface area contributed by atoms with Crippen LogP contribution in [0.1, 0.15) is 24.7 Å². The number of pyridine rings is 1. The molecule has 5 heteroatoms. The first-order valence-corrected chi connectivity index (χ1v) is 6.68. The first kappa shape index (κ1) is 13.7. The number of hydrogen-bond acceptors (Lipinski definition) is 4. The van der Waals surface area contributed by atoms with Gasteiger partial charge in [0, 0.05) is 43.8 Å². The Morgan fingerprint density at radius 1 is 1.42 bits per heavy atom. The molecule has 2 heterocycles. The van der Waals surface area contributed by atoms with Gasteiger partial charge in [0.25, 0.3) is 0 Å². The molecule has 0 bridgehead atoms. The van der Waals surface area contributed by atoms with E-state index in [1.165, 1.54) is 5.56 Å². The van der Waals surface area contributed by atoms with E-state index in [-0.39, 0.29) is 6.04 Å². The Bertz CT molecular complexity index is 480. The van der Waals surface area contributed by atoms with E-state index in [2.05, 4.69) is 33.0 Å². The molecule has 0 radical (unpaired) electrons. The van der Waals surface area contributed by atoms with Gasteiger partial charge in [0.15, 0.2) is 0 Å². The van der Waals surface area contributed by atoms with Gasteiger partial charge in [-0.25, -0.2) is 4.98 Å². The van der Waals surface area contributed by atoms with Crippen LogP contribution in [0.2, 0.25) is 0 Å². The molecular weight excluding hydrogens is 238 g/mol. The molecule has 0 spiro atoms. The van der Waals surface area contributed by atoms with Crippen LogP contribution < -0.4 is 11.3 Å². The molecule has 2 rings (SSSR count). The van der Waals surface area contributed by atoms with Crippen molar-refractivity contribution < 1.29 is 0 Å². The van der Waals surface area contributed by atoms with E-state index >= 15 is 0 Å². The minimum atomic E-state index is 0.230. The molecule has 1 atom stereocenters. The third-order valence-electron chi connectivity index (χ3n) is 3.31. The van der Waals surface area contributed by atoms with Crippen molar-refractivity contribution in [3.63, 3.8) is 0 Å². The molecule has 5 nitrogen and oxygen atoms in total. The van der Waals surface area contributed by atoms with Gasteiger partial charge < -0.3 is 4.57 Å². The number of nitrogens with one attached hydrogen (secondary N) is 1. The Balaban J connectivity index is 1.90. The molecular formula is C14H21N5. The fraction of sp³-hybridized carbons (Fsp3) is 0.429. The van der Waals surface area contributed by atoms with Crippen LogP contribution in [0.3, 0.4) is 0 Å². The maximum Gasteiger partial charge on any atom is 0.110 e. The van der Waals surface area contributed by atoms with E-state index in [4.69, 9.17) is 5.84 Å². The average molecular weight is 259 g/mol. The molecule has 102 valence electrons. The minimum absolute atomic E-state index is 0.230. The zero-order valence-corrected chi connectivity index (χ0v) is 11.3. The van der Waals surface area contributed by atoms with E-state index in [9.17, 15) is 0 Å². The van der Waals surface area contributed by atoms with Crippen LogP contribution in [0.5, 0.6) is 0 Å². The second-order valence-corrected chi connectivity index (χ2v) is 4.60. The summed E-state index contributed by atoms with van der Waals surface area (Å²) < 4.78 is 2.15. The quantitative estimate of drug-likeness (QED) is 0.581. The van der Waals surface area contributed by atoms with Crippen molar-refractivity contribution in [3.05, 3.63) is 48.3 Å². The predicted molar refractivity (Wildman–Crippen MR) is 75.3 cm³/mol. The molecule has 0 amide bonds. The molecule has 0 aliphatic carbocycles. The van der Waals surface area contributed by atoms with Crippen molar-refractivity contribution in [1.82, 2.24) is 20.0 Å². The topological polar surface area (TPSA) is 68.8 Å². The molecule has 0 fully saturated rings. The number of hydrogen-bond donors (Lipinski definition) is 2. The van der Waals surface area contributed by atoms with Crippen molar-refractivity contribution in [2.24, 2.45) is 5.84 Å². The SMILES string of the molecule is CCn1ccnc1CC(CCc1cccnc1)NN. The number of aryl methyl sites for hydroxylation is 2. The van der Waals surface area contributed by atoms with Crippen molar-refractivity contribution >= 4 is 0 Å². The van der Waals surface area contributed by atoms with Gasteiger partial charge in [-0.3, -0.25) is 16.3 Å². The fourth-order valence-electron chi connectivity index (χ4n) is 2.17. The summed E-state index contributed by atoms with van der Waals surface area (Å²) >= 11 is 0. The summed E-state index contributed by atoms with van der Waals surface area (Å²) in [5.74, 6) is 6.72. The van der Waals surface area contributed by atoms with Crippen molar-refractivity contribution in [2.75, 3.05) is 0 Å². The van der Waals surface area contributed by atoms with Crippen LogP contribution in [-0.4, -0.2) is 20.6 Å². The fourth-order valence-corrected chi connectivity index (χ4v) is 2.17. The molecule has 19 heavy (non-hydrogen) atoms. The lowest BCUT2D eigenvalue weighted by atomic mass is 10.0. The first-order chi connectivity index (χ1) is 9.33. The lowest BCUT2D eigenvalue weighted by molar-refractivity contribution is 0.472. The monoisotopic (exact) mass is 259 g/mol. The average Bonchev–Trinajstić information content (AvgIpc) is 2.91. The molecule has 0 aromatic carbocycles. The van der Waals surface area contributed by atoms with Crippen LogP contribution in [0.15, 0.2) is 36.9 Å². The molecule has 0 aliphatic rings. The van der Waals surface area contributed by atoms with E-state index in [1.807, 2.05) is 24.7 Å². The van der Waals surface area contributed by atoms with E-state index in [1.54, 1.807) is 6.20 Å². The van der Waals surface area contributed by atoms with Crippen LogP contribution in [0.25, 0.3) is 0 Å². The highest BCUT2D eigenvalue weighted by Crippen LogP contribution is 2.08. The molecule has 0 saturated heterocycles. The summed E-state index contributed by atoms with van der Waals surface area (Å²) in [5.41, 5.74) is 4.13. The zero-order valence-electron chi connectivity index (χ0n) is 11.3. The summed E-state index contributed by atoms with van der Waals surface area (Å²) in [5, 5.41) is 0. The van der Waals surface area contributed by atoms with E-state index in [0.29, 0.717) is 0 Å². The Morgan fingerprint density at radius 2 is 2.32 bits per heavy atom. The number of rotatable bonds is 7. The molecule has 3 N–H and O–H groups in total. The Hall–Kier alpha value is -1.72. The van der Waals surface area contributed by atoms with Crippen LogP contribution in [-0.2, 0) is 19.4 Å². The standard InChI is InChI=1S/C14H21N5/c1-2-19-9-8-17-14(19)10-13(18-15)6-5-12-4-3-7-16-11-12/h3-4,7-9,11,13,18H,2,5-6,10,15H2,1H3. The van der Waals surface area contributed by atoms with Gasteiger partial charge in [-0.05, 0) is 31.4 Å². The van der Waals surface area contributed by atoms with Gasteiger partial charge in [-0.2, -0.15) is 0 Å². The van der Waals surface area contributed by atoms with Gasteiger partial charge in [-0.1, -0.05) is 6.07 Å². The third kappa shape index (κ3) is 3.87. The molecule has 2 aromatic rings. The number of aromatic nitrogens is 3. The number of hydrazine groups is 1. The van der Waals surface area contributed by atoms with Gasteiger partial charge in [0.2, 0.25) is 0 Å². The van der Waals surface area contributed by atoms with Crippen molar-refractivity contribution in [1.29, 1.82) is 0 Å². The van der Waals surface area contributed by atoms with Crippen LogP contribution in [0.4, 0.5) is 0 Å². The smallest absolute Gasteiger partial charge is 0.110 e. The number of imidazole rings is 1. The minimum Gasteiger partial charge on any atom is -0.335 e. The Kier molecular flexibility index (Phi) is 5.06. The second kappa shape index (κ2) is 7.01. The Morgan fingerprint density at radius 3 is 3.00 bits per heavy atom. The molecule has 0 saturated carbocycles. The molecule has 1 unspecified atom stereocenters. The van der Waals surface area contributed by atoms with E-state index < -0.39 is 0 Å². The maximum atomic E-state index is 5.64. The van der Waals surface area contributed by atoms with Gasteiger partial charge in [0.1, 0.15) is 5.82 Å². The van der Waals surface area contributed by atoms with E-state index in [0.717, 1.165) is 31.6 Å². The van der Waals surface area contributed by atoms with Gasteiger partial charge >= 0.3 is 0 Å². The summed E-state index contributed by atoms with van der Waals surface area (Å²) in [6.45, 7) is 3.06. The highest BCUT2D eigenvalue weighted by atomic mass is 15.2. The highest BCUT2D eigenvalue weighted by molar-refractivity contribution is 5.09. The lowest BCUT2D eigenvalue weighted by Gasteiger charge is -2.16. The van der Waals surface area contributed by atoms with Gasteiger partial charge in [-0.15, -0.1) is 0 Å². The maximum absolute atomic E-state index is 5.64.